The van der Waals surface area contributed by atoms with E-state index in [1.807, 2.05) is 30.3 Å². The van der Waals surface area contributed by atoms with Crippen molar-refractivity contribution >= 4 is 12.0 Å². The molecular weight excluding hydrogens is 422 g/mol. The molecule has 3 N–H and O–H groups in total. The summed E-state index contributed by atoms with van der Waals surface area (Å²) in [6.45, 7) is 0.883. The van der Waals surface area contributed by atoms with Gasteiger partial charge in [0.25, 0.3) is 0 Å². The van der Waals surface area contributed by atoms with Crippen LogP contribution >= 0.6 is 0 Å². The molecule has 176 valence electrons. The summed E-state index contributed by atoms with van der Waals surface area (Å²) in [5.41, 5.74) is 1.67. The van der Waals surface area contributed by atoms with Crippen LogP contribution in [0.25, 0.3) is 11.3 Å². The summed E-state index contributed by atoms with van der Waals surface area (Å²) in [4.78, 5) is 21.5. The number of hydrogen-bond donors (Lipinski definition) is 3. The van der Waals surface area contributed by atoms with E-state index >= 15 is 0 Å². The number of aromatic nitrogens is 2. The quantitative estimate of drug-likeness (QED) is 0.617. The molecule has 0 bridgehead atoms. The fourth-order valence-electron chi connectivity index (χ4n) is 4.99. The lowest BCUT2D eigenvalue weighted by Gasteiger charge is -2.24. The molecule has 2 saturated heterocycles. The molecular formula is C24H31N5O4. The predicted octanol–water partition coefficient (Wildman–Crippen LogP) is 2.73. The van der Waals surface area contributed by atoms with E-state index in [1.54, 1.807) is 13.3 Å². The van der Waals surface area contributed by atoms with Gasteiger partial charge in [-0.15, -0.1) is 0 Å². The number of urea groups is 1. The van der Waals surface area contributed by atoms with Crippen LogP contribution in [-0.4, -0.2) is 66.7 Å². The van der Waals surface area contributed by atoms with E-state index in [4.69, 9.17) is 14.2 Å². The van der Waals surface area contributed by atoms with Gasteiger partial charge in [0.2, 0.25) is 5.95 Å². The highest BCUT2D eigenvalue weighted by atomic mass is 16.6. The Bertz CT molecular complexity index is 967. The first-order valence-electron chi connectivity index (χ1n) is 11.7. The van der Waals surface area contributed by atoms with E-state index in [2.05, 4.69) is 25.9 Å². The Kier molecular flexibility index (Phi) is 6.59. The molecule has 1 saturated carbocycles. The van der Waals surface area contributed by atoms with Crippen molar-refractivity contribution in [1.82, 2.24) is 20.6 Å². The van der Waals surface area contributed by atoms with Gasteiger partial charge in [-0.3, -0.25) is 0 Å². The number of ether oxygens (including phenoxy) is 3. The zero-order valence-corrected chi connectivity index (χ0v) is 18.8. The molecule has 1 aliphatic carbocycles. The summed E-state index contributed by atoms with van der Waals surface area (Å²) in [6, 6.07) is 9.46. The van der Waals surface area contributed by atoms with Crippen LogP contribution in [0.4, 0.5) is 10.7 Å². The SMILES string of the molecule is COc1ccccc1-c1ccnc(N[C@H]2CO[C@H]3[C@@H]2OC[C@@H]3NC(=O)NC2CCCCC2)n1. The molecule has 3 aliphatic rings. The van der Waals surface area contributed by atoms with Crippen LogP contribution in [0, 0.1) is 0 Å². The number of rotatable bonds is 6. The van der Waals surface area contributed by atoms with E-state index < -0.39 is 0 Å². The average Bonchev–Trinajstić information content (AvgIpc) is 3.43. The number of anilines is 1. The second-order valence-corrected chi connectivity index (χ2v) is 8.87. The number of para-hydroxylation sites is 1. The molecule has 0 spiro atoms. The number of nitrogens with zero attached hydrogens (tertiary/aromatic N) is 2. The Balaban J connectivity index is 1.19. The maximum Gasteiger partial charge on any atom is 0.315 e. The van der Waals surface area contributed by atoms with Crippen LogP contribution in [-0.2, 0) is 9.47 Å². The van der Waals surface area contributed by atoms with Gasteiger partial charge in [-0.05, 0) is 31.0 Å². The fourth-order valence-corrected chi connectivity index (χ4v) is 4.99. The van der Waals surface area contributed by atoms with Gasteiger partial charge in [-0.25, -0.2) is 14.8 Å². The summed E-state index contributed by atoms with van der Waals surface area (Å²) >= 11 is 0. The van der Waals surface area contributed by atoms with Gasteiger partial charge in [-0.1, -0.05) is 31.4 Å². The molecule has 0 unspecified atom stereocenters. The highest BCUT2D eigenvalue weighted by molar-refractivity contribution is 5.74. The third kappa shape index (κ3) is 4.89. The zero-order valence-electron chi connectivity index (χ0n) is 18.8. The van der Waals surface area contributed by atoms with Gasteiger partial charge >= 0.3 is 6.03 Å². The predicted molar refractivity (Wildman–Crippen MR) is 123 cm³/mol. The van der Waals surface area contributed by atoms with Crippen LogP contribution in [0.2, 0.25) is 0 Å². The third-order valence-corrected chi connectivity index (χ3v) is 6.66. The summed E-state index contributed by atoms with van der Waals surface area (Å²) in [7, 11) is 1.65. The fraction of sp³-hybridized carbons (Fsp3) is 0.542. The molecule has 1 aromatic carbocycles. The number of carbonyl (C=O) groups excluding carboxylic acids is 1. The first kappa shape index (κ1) is 21.9. The van der Waals surface area contributed by atoms with Gasteiger partial charge in [0.15, 0.2) is 0 Å². The van der Waals surface area contributed by atoms with E-state index in [0.717, 1.165) is 29.8 Å². The van der Waals surface area contributed by atoms with E-state index in [0.29, 0.717) is 19.2 Å². The number of carbonyl (C=O) groups is 1. The Labute approximate surface area is 193 Å². The Morgan fingerprint density at radius 2 is 1.76 bits per heavy atom. The van der Waals surface area contributed by atoms with Crippen molar-refractivity contribution in [1.29, 1.82) is 0 Å². The van der Waals surface area contributed by atoms with Gasteiger partial charge in [-0.2, -0.15) is 0 Å². The number of fused-ring (bicyclic) bond motifs is 1. The first-order chi connectivity index (χ1) is 16.2. The lowest BCUT2D eigenvalue weighted by atomic mass is 9.96. The largest absolute Gasteiger partial charge is 0.496 e. The van der Waals surface area contributed by atoms with Gasteiger partial charge in [0.1, 0.15) is 18.0 Å². The summed E-state index contributed by atoms with van der Waals surface area (Å²) in [5, 5.41) is 9.51. The molecule has 9 nitrogen and oxygen atoms in total. The van der Waals surface area contributed by atoms with Gasteiger partial charge in [0, 0.05) is 17.8 Å². The normalized spacial score (nSPS) is 27.1. The van der Waals surface area contributed by atoms with Crippen LogP contribution in [0.5, 0.6) is 5.75 Å². The minimum absolute atomic E-state index is 0.101. The molecule has 33 heavy (non-hydrogen) atoms. The van der Waals surface area contributed by atoms with Crippen molar-refractivity contribution in [3.63, 3.8) is 0 Å². The van der Waals surface area contributed by atoms with Crippen LogP contribution in [0.15, 0.2) is 36.5 Å². The van der Waals surface area contributed by atoms with Crippen molar-refractivity contribution in [2.45, 2.75) is 62.4 Å². The summed E-state index contributed by atoms with van der Waals surface area (Å²) < 4.78 is 17.5. The topological polar surface area (TPSA) is 107 Å². The van der Waals surface area contributed by atoms with Crippen molar-refractivity contribution in [3.8, 4) is 17.0 Å². The number of benzene rings is 1. The average molecular weight is 454 g/mol. The van der Waals surface area contributed by atoms with Crippen LogP contribution < -0.4 is 20.7 Å². The van der Waals surface area contributed by atoms with Crippen LogP contribution in [0.3, 0.4) is 0 Å². The minimum atomic E-state index is -0.197. The lowest BCUT2D eigenvalue weighted by molar-refractivity contribution is 0.0681. The maximum atomic E-state index is 12.5. The van der Waals surface area contributed by atoms with Crippen molar-refractivity contribution in [2.24, 2.45) is 0 Å². The molecule has 2 aliphatic heterocycles. The lowest BCUT2D eigenvalue weighted by Crippen LogP contribution is -2.51. The highest BCUT2D eigenvalue weighted by Gasteiger charge is 2.48. The third-order valence-electron chi connectivity index (χ3n) is 6.66. The molecule has 9 heteroatoms. The smallest absolute Gasteiger partial charge is 0.315 e. The summed E-state index contributed by atoms with van der Waals surface area (Å²) in [5.74, 6) is 1.26. The maximum absolute atomic E-state index is 12.5. The number of methoxy groups -OCH3 is 1. The van der Waals surface area contributed by atoms with Gasteiger partial charge < -0.3 is 30.2 Å². The minimum Gasteiger partial charge on any atom is -0.496 e. The van der Waals surface area contributed by atoms with E-state index in [1.165, 1.54) is 19.3 Å². The second-order valence-electron chi connectivity index (χ2n) is 8.87. The highest BCUT2D eigenvalue weighted by Crippen LogP contribution is 2.31. The molecule has 0 radical (unpaired) electrons. The van der Waals surface area contributed by atoms with E-state index in [-0.39, 0.29) is 36.4 Å². The first-order valence-corrected chi connectivity index (χ1v) is 11.7. The second kappa shape index (κ2) is 9.93. The molecule has 2 amide bonds. The van der Waals surface area contributed by atoms with E-state index in [9.17, 15) is 4.79 Å². The van der Waals surface area contributed by atoms with Crippen molar-refractivity contribution < 1.29 is 19.0 Å². The molecule has 2 aromatic rings. The molecule has 5 rings (SSSR count). The Hall–Kier alpha value is -2.91. The summed E-state index contributed by atoms with van der Waals surface area (Å²) in [6.07, 6.45) is 7.07. The zero-order chi connectivity index (χ0) is 22.6. The Morgan fingerprint density at radius 3 is 2.58 bits per heavy atom. The molecule has 3 heterocycles. The molecule has 3 fully saturated rings. The van der Waals surface area contributed by atoms with Gasteiger partial charge in [0.05, 0.1) is 38.1 Å². The van der Waals surface area contributed by atoms with Crippen molar-refractivity contribution in [3.05, 3.63) is 36.5 Å². The molecule has 4 atom stereocenters. The molecule has 1 aromatic heterocycles. The van der Waals surface area contributed by atoms with Crippen molar-refractivity contribution in [2.75, 3.05) is 25.6 Å². The standard InChI is InChI=1S/C24H31N5O4/c1-31-20-10-6-5-9-16(20)17-11-12-25-23(27-17)28-18-13-32-22-19(14-33-21(18)22)29-24(30)26-15-7-3-2-4-8-15/h5-6,9-12,15,18-19,21-22H,2-4,7-8,13-14H2,1H3,(H,25,27,28)(H2,26,29,30)/t18-,19-,21+,22+/m0/s1. The van der Waals surface area contributed by atoms with Crippen LogP contribution in [0.1, 0.15) is 32.1 Å². The number of amides is 2. The monoisotopic (exact) mass is 453 g/mol. The number of nitrogens with one attached hydrogen (secondary N) is 3. The number of hydrogen-bond acceptors (Lipinski definition) is 7. The Morgan fingerprint density at radius 1 is 1.00 bits per heavy atom.